The van der Waals surface area contributed by atoms with Gasteiger partial charge in [0.2, 0.25) is 0 Å². The normalized spacial score (nSPS) is 13.0. The largest absolute Gasteiger partial charge is 0.443 e. The van der Waals surface area contributed by atoms with Crippen molar-refractivity contribution in [3.8, 4) is 0 Å². The average Bonchev–Trinajstić information content (AvgIpc) is 3.11. The zero-order chi connectivity index (χ0) is 16.0. The van der Waals surface area contributed by atoms with Crippen molar-refractivity contribution in [2.75, 3.05) is 5.32 Å². The third-order valence-electron chi connectivity index (χ3n) is 3.59. The van der Waals surface area contributed by atoms with Crippen molar-refractivity contribution >= 4 is 34.5 Å². The Balaban J connectivity index is 1.62. The van der Waals surface area contributed by atoms with Crippen LogP contribution in [0.1, 0.15) is 31.1 Å². The number of carbonyl (C=O) groups excluding carboxylic acids is 3. The molecule has 7 nitrogen and oxygen atoms in total. The van der Waals surface area contributed by atoms with Crippen LogP contribution in [0.2, 0.25) is 0 Å². The first-order valence-electron chi connectivity index (χ1n) is 6.76. The number of fused-ring (bicyclic) bond motifs is 2. The van der Waals surface area contributed by atoms with E-state index in [1.807, 2.05) is 0 Å². The van der Waals surface area contributed by atoms with E-state index in [0.717, 1.165) is 0 Å². The van der Waals surface area contributed by atoms with Gasteiger partial charge in [-0.3, -0.25) is 19.7 Å². The van der Waals surface area contributed by atoms with E-state index in [2.05, 4.69) is 15.6 Å². The van der Waals surface area contributed by atoms with Crippen LogP contribution in [-0.2, 0) is 0 Å². The van der Waals surface area contributed by atoms with E-state index in [0.29, 0.717) is 27.9 Å². The van der Waals surface area contributed by atoms with Crippen molar-refractivity contribution in [2.24, 2.45) is 0 Å². The molecule has 0 unspecified atom stereocenters. The first-order chi connectivity index (χ1) is 11.1. The van der Waals surface area contributed by atoms with Gasteiger partial charge in [-0.2, -0.15) is 0 Å². The fourth-order valence-electron chi connectivity index (χ4n) is 2.45. The third kappa shape index (κ3) is 2.15. The van der Waals surface area contributed by atoms with Gasteiger partial charge >= 0.3 is 0 Å². The predicted octanol–water partition coefficient (Wildman–Crippen LogP) is 1.96. The van der Waals surface area contributed by atoms with Gasteiger partial charge in [0.15, 0.2) is 12.0 Å². The molecular formula is C16H9N3O4. The zero-order valence-electron chi connectivity index (χ0n) is 11.6. The maximum Gasteiger partial charge on any atom is 0.259 e. The summed E-state index contributed by atoms with van der Waals surface area (Å²) in [5.74, 6) is -1.25. The number of imide groups is 1. The third-order valence-corrected chi connectivity index (χ3v) is 3.59. The van der Waals surface area contributed by atoms with Crippen molar-refractivity contribution in [1.82, 2.24) is 10.3 Å². The summed E-state index contributed by atoms with van der Waals surface area (Å²) in [6, 6.07) is 9.44. The number of hydrogen-bond acceptors (Lipinski definition) is 5. The van der Waals surface area contributed by atoms with Gasteiger partial charge in [0, 0.05) is 11.3 Å². The first kappa shape index (κ1) is 13.2. The molecule has 0 bridgehead atoms. The van der Waals surface area contributed by atoms with E-state index in [-0.39, 0.29) is 11.5 Å². The number of nitrogens with zero attached hydrogens (tertiary/aromatic N) is 1. The minimum atomic E-state index is -0.467. The van der Waals surface area contributed by atoms with Crippen LogP contribution in [-0.4, -0.2) is 22.7 Å². The Morgan fingerprint density at radius 3 is 2.74 bits per heavy atom. The van der Waals surface area contributed by atoms with Crippen LogP contribution >= 0.6 is 0 Å². The lowest BCUT2D eigenvalue weighted by molar-refractivity contribution is 0.0878. The number of hydrogen-bond donors (Lipinski definition) is 2. The Hall–Kier alpha value is -3.48. The number of oxazole rings is 1. The minimum Gasteiger partial charge on any atom is -0.443 e. The second kappa shape index (κ2) is 4.77. The minimum absolute atomic E-state index is 0.250. The van der Waals surface area contributed by atoms with Gasteiger partial charge in [-0.1, -0.05) is 0 Å². The molecule has 0 aliphatic carbocycles. The van der Waals surface area contributed by atoms with Crippen LogP contribution in [0.15, 0.2) is 47.2 Å². The Morgan fingerprint density at radius 2 is 1.87 bits per heavy atom. The van der Waals surface area contributed by atoms with Gasteiger partial charge in [-0.15, -0.1) is 0 Å². The van der Waals surface area contributed by atoms with Crippen molar-refractivity contribution in [1.29, 1.82) is 0 Å². The molecule has 0 radical (unpaired) electrons. The SMILES string of the molecule is O=C(Nc1ccc2c(c1)C(=O)NC2=O)c1ccc2ocnc2c1. The molecule has 7 heteroatoms. The predicted molar refractivity (Wildman–Crippen MR) is 80.2 cm³/mol. The molecule has 2 aromatic carbocycles. The van der Waals surface area contributed by atoms with Gasteiger partial charge in [0.25, 0.3) is 17.7 Å². The first-order valence-corrected chi connectivity index (χ1v) is 6.76. The highest BCUT2D eigenvalue weighted by Gasteiger charge is 2.26. The molecule has 0 fully saturated rings. The molecule has 1 aromatic heterocycles. The monoisotopic (exact) mass is 307 g/mol. The Kier molecular flexibility index (Phi) is 2.74. The molecule has 2 heterocycles. The number of amides is 3. The summed E-state index contributed by atoms with van der Waals surface area (Å²) in [6.07, 6.45) is 1.31. The maximum atomic E-state index is 12.3. The molecule has 3 amide bonds. The molecule has 4 rings (SSSR count). The van der Waals surface area contributed by atoms with Crippen molar-refractivity contribution in [3.63, 3.8) is 0 Å². The lowest BCUT2D eigenvalue weighted by Crippen LogP contribution is -2.19. The molecule has 23 heavy (non-hydrogen) atoms. The van der Waals surface area contributed by atoms with Gasteiger partial charge in [0.1, 0.15) is 5.52 Å². The van der Waals surface area contributed by atoms with E-state index in [1.54, 1.807) is 24.3 Å². The van der Waals surface area contributed by atoms with Crippen LogP contribution in [0.4, 0.5) is 5.69 Å². The Labute approximate surface area is 129 Å². The van der Waals surface area contributed by atoms with Gasteiger partial charge < -0.3 is 9.73 Å². The smallest absolute Gasteiger partial charge is 0.259 e. The van der Waals surface area contributed by atoms with E-state index >= 15 is 0 Å². The molecule has 112 valence electrons. The second-order valence-corrected chi connectivity index (χ2v) is 5.03. The Bertz CT molecular complexity index is 990. The van der Waals surface area contributed by atoms with Gasteiger partial charge in [-0.05, 0) is 36.4 Å². The summed E-state index contributed by atoms with van der Waals surface area (Å²) < 4.78 is 5.12. The molecule has 0 saturated carbocycles. The number of rotatable bonds is 2. The number of benzene rings is 2. The van der Waals surface area contributed by atoms with E-state index in [9.17, 15) is 14.4 Å². The van der Waals surface area contributed by atoms with E-state index in [4.69, 9.17) is 4.42 Å². The molecule has 0 spiro atoms. The fourth-order valence-corrected chi connectivity index (χ4v) is 2.45. The number of anilines is 1. The topological polar surface area (TPSA) is 101 Å². The van der Waals surface area contributed by atoms with E-state index < -0.39 is 11.8 Å². The van der Waals surface area contributed by atoms with Crippen LogP contribution in [0.3, 0.4) is 0 Å². The summed E-state index contributed by atoms with van der Waals surface area (Å²) >= 11 is 0. The van der Waals surface area contributed by atoms with Crippen molar-refractivity contribution in [3.05, 3.63) is 59.5 Å². The summed E-state index contributed by atoms with van der Waals surface area (Å²) in [7, 11) is 0. The van der Waals surface area contributed by atoms with Crippen LogP contribution in [0.5, 0.6) is 0 Å². The number of carbonyl (C=O) groups is 3. The molecule has 1 aliphatic heterocycles. The lowest BCUT2D eigenvalue weighted by Gasteiger charge is -2.06. The summed E-state index contributed by atoms with van der Waals surface area (Å²) in [5, 5.41) is 4.89. The van der Waals surface area contributed by atoms with Crippen LogP contribution in [0, 0.1) is 0 Å². The highest BCUT2D eigenvalue weighted by atomic mass is 16.3. The van der Waals surface area contributed by atoms with Crippen LogP contribution < -0.4 is 10.6 Å². The maximum absolute atomic E-state index is 12.3. The van der Waals surface area contributed by atoms with Crippen molar-refractivity contribution in [2.45, 2.75) is 0 Å². The second-order valence-electron chi connectivity index (χ2n) is 5.03. The number of nitrogens with one attached hydrogen (secondary N) is 2. The van der Waals surface area contributed by atoms with Gasteiger partial charge in [-0.25, -0.2) is 4.98 Å². The lowest BCUT2D eigenvalue weighted by atomic mass is 10.1. The molecule has 0 atom stereocenters. The molecular weight excluding hydrogens is 298 g/mol. The summed E-state index contributed by atoms with van der Waals surface area (Å²) in [6.45, 7) is 0. The van der Waals surface area contributed by atoms with Crippen molar-refractivity contribution < 1.29 is 18.8 Å². The van der Waals surface area contributed by atoms with Crippen LogP contribution in [0.25, 0.3) is 11.1 Å². The highest BCUT2D eigenvalue weighted by Crippen LogP contribution is 2.21. The molecule has 0 saturated heterocycles. The van der Waals surface area contributed by atoms with Gasteiger partial charge in [0.05, 0.1) is 11.1 Å². The molecule has 2 N–H and O–H groups in total. The Morgan fingerprint density at radius 1 is 1.04 bits per heavy atom. The quantitative estimate of drug-likeness (QED) is 0.705. The highest BCUT2D eigenvalue weighted by molar-refractivity contribution is 6.22. The van der Waals surface area contributed by atoms with E-state index in [1.165, 1.54) is 18.5 Å². The fraction of sp³-hybridized carbons (Fsp3) is 0. The molecule has 3 aromatic rings. The summed E-state index contributed by atoms with van der Waals surface area (Å²) in [5.41, 5.74) is 2.56. The average molecular weight is 307 g/mol. The summed E-state index contributed by atoms with van der Waals surface area (Å²) in [4.78, 5) is 39.4. The molecule has 1 aliphatic rings. The zero-order valence-corrected chi connectivity index (χ0v) is 11.6. The number of aromatic nitrogens is 1. The standard InChI is InChI=1S/C16H9N3O4/c20-14(8-1-4-13-12(5-8)17-7-23-13)18-9-2-3-10-11(6-9)16(22)19-15(10)21/h1-7H,(H,18,20)(H,19,21,22).